The Hall–Kier alpha value is -1.42. The van der Waals surface area contributed by atoms with Gasteiger partial charge in [0.25, 0.3) is 0 Å². The third kappa shape index (κ3) is 3.53. The van der Waals surface area contributed by atoms with Crippen LogP contribution in [0.5, 0.6) is 0 Å². The fourth-order valence-electron chi connectivity index (χ4n) is 1.50. The first-order chi connectivity index (χ1) is 8.28. The average molecular weight is 255 g/mol. The normalized spacial score (nSPS) is 10.7. The van der Waals surface area contributed by atoms with Gasteiger partial charge in [0.1, 0.15) is 5.82 Å². The highest BCUT2D eigenvalue weighted by atomic mass is 35.5. The van der Waals surface area contributed by atoms with Gasteiger partial charge in [-0.1, -0.05) is 12.1 Å². The van der Waals surface area contributed by atoms with Crippen molar-refractivity contribution in [1.82, 2.24) is 10.2 Å². The first kappa shape index (κ1) is 12.0. The summed E-state index contributed by atoms with van der Waals surface area (Å²) in [6.07, 6.45) is 1.94. The highest BCUT2D eigenvalue weighted by molar-refractivity contribution is 6.17. The molecule has 0 amide bonds. The van der Waals surface area contributed by atoms with E-state index in [1.54, 1.807) is 6.07 Å². The Bertz CT molecular complexity index is 487. The lowest BCUT2D eigenvalue weighted by Crippen LogP contribution is -1.89. The van der Waals surface area contributed by atoms with Crippen molar-refractivity contribution in [3.05, 3.63) is 47.4 Å². The molecule has 0 aliphatic heterocycles. The van der Waals surface area contributed by atoms with E-state index in [4.69, 9.17) is 16.0 Å². The van der Waals surface area contributed by atoms with Crippen LogP contribution in [-0.2, 0) is 12.8 Å². The fraction of sp³-hybridized carbons (Fsp3) is 0.333. The SMILES string of the molecule is Fc1cccc(Cc2nnc(CCCCl)o2)c1. The number of halogens is 2. The van der Waals surface area contributed by atoms with Crippen molar-refractivity contribution in [2.75, 3.05) is 5.88 Å². The molecule has 2 aromatic rings. The van der Waals surface area contributed by atoms with E-state index in [0.717, 1.165) is 12.0 Å². The number of rotatable bonds is 5. The molecule has 0 bridgehead atoms. The molecule has 0 radical (unpaired) electrons. The maximum absolute atomic E-state index is 13.0. The molecular formula is C12H12ClFN2O. The van der Waals surface area contributed by atoms with Gasteiger partial charge in [-0.25, -0.2) is 4.39 Å². The molecule has 1 aromatic carbocycles. The van der Waals surface area contributed by atoms with Crippen molar-refractivity contribution in [3.63, 3.8) is 0 Å². The van der Waals surface area contributed by atoms with Crippen LogP contribution in [-0.4, -0.2) is 16.1 Å². The van der Waals surface area contributed by atoms with Crippen molar-refractivity contribution in [1.29, 1.82) is 0 Å². The molecular weight excluding hydrogens is 243 g/mol. The Labute approximate surface area is 104 Å². The Balaban J connectivity index is 2.01. The summed E-state index contributed by atoms with van der Waals surface area (Å²) >= 11 is 5.57. The lowest BCUT2D eigenvalue weighted by Gasteiger charge is -1.96. The van der Waals surface area contributed by atoms with Crippen LogP contribution in [0.4, 0.5) is 4.39 Å². The molecule has 3 nitrogen and oxygen atoms in total. The Kier molecular flexibility index (Phi) is 4.09. The smallest absolute Gasteiger partial charge is 0.220 e. The zero-order chi connectivity index (χ0) is 12.1. The molecule has 1 aromatic heterocycles. The number of nitrogens with zero attached hydrogens (tertiary/aromatic N) is 2. The standard InChI is InChI=1S/C12H12ClFN2O/c13-6-2-5-11-15-16-12(17-11)8-9-3-1-4-10(14)7-9/h1,3-4,7H,2,5-6,8H2. The quantitative estimate of drug-likeness (QED) is 0.770. The highest BCUT2D eigenvalue weighted by Gasteiger charge is 2.07. The molecule has 0 unspecified atom stereocenters. The first-order valence-corrected chi connectivity index (χ1v) is 5.93. The van der Waals surface area contributed by atoms with Crippen LogP contribution in [0.1, 0.15) is 23.8 Å². The van der Waals surface area contributed by atoms with Crippen molar-refractivity contribution in [2.24, 2.45) is 0 Å². The fourth-order valence-corrected chi connectivity index (χ4v) is 1.63. The summed E-state index contributed by atoms with van der Waals surface area (Å²) in [5.74, 6) is 1.39. The van der Waals surface area contributed by atoms with Crippen molar-refractivity contribution in [3.8, 4) is 0 Å². The summed E-state index contributed by atoms with van der Waals surface area (Å²) < 4.78 is 18.4. The van der Waals surface area contributed by atoms with Gasteiger partial charge in [0.05, 0.1) is 6.42 Å². The predicted molar refractivity (Wildman–Crippen MR) is 62.5 cm³/mol. The molecule has 0 saturated carbocycles. The van der Waals surface area contributed by atoms with Gasteiger partial charge in [0, 0.05) is 12.3 Å². The molecule has 0 aliphatic carbocycles. The summed E-state index contributed by atoms with van der Waals surface area (Å²) in [6.45, 7) is 0. The molecule has 2 rings (SSSR count). The summed E-state index contributed by atoms with van der Waals surface area (Å²) in [4.78, 5) is 0. The predicted octanol–water partition coefficient (Wildman–Crippen LogP) is 2.97. The van der Waals surface area contributed by atoms with Gasteiger partial charge < -0.3 is 4.42 Å². The van der Waals surface area contributed by atoms with Crippen LogP contribution in [0.25, 0.3) is 0 Å². The number of hydrogen-bond acceptors (Lipinski definition) is 3. The van der Waals surface area contributed by atoms with Gasteiger partial charge in [0.15, 0.2) is 0 Å². The third-order valence-corrected chi connectivity index (χ3v) is 2.54. The van der Waals surface area contributed by atoms with E-state index in [9.17, 15) is 4.39 Å². The molecule has 0 fully saturated rings. The van der Waals surface area contributed by atoms with Crippen molar-refractivity contribution >= 4 is 11.6 Å². The van der Waals surface area contributed by atoms with Gasteiger partial charge in [-0.15, -0.1) is 21.8 Å². The van der Waals surface area contributed by atoms with Gasteiger partial charge in [-0.05, 0) is 24.1 Å². The second kappa shape index (κ2) is 5.77. The number of benzene rings is 1. The second-order valence-electron chi connectivity index (χ2n) is 3.69. The van der Waals surface area contributed by atoms with Crippen LogP contribution in [0.2, 0.25) is 0 Å². The van der Waals surface area contributed by atoms with Crippen molar-refractivity contribution < 1.29 is 8.81 Å². The third-order valence-electron chi connectivity index (χ3n) is 2.28. The summed E-state index contributed by atoms with van der Waals surface area (Å²) in [5, 5.41) is 7.82. The van der Waals surface area contributed by atoms with E-state index in [1.807, 2.05) is 6.07 Å². The minimum Gasteiger partial charge on any atom is -0.425 e. The van der Waals surface area contributed by atoms with Crippen LogP contribution >= 0.6 is 11.6 Å². The minimum absolute atomic E-state index is 0.260. The van der Waals surface area contributed by atoms with Crippen LogP contribution in [0.3, 0.4) is 0 Å². The molecule has 17 heavy (non-hydrogen) atoms. The van der Waals surface area contributed by atoms with Crippen molar-refractivity contribution in [2.45, 2.75) is 19.3 Å². The molecule has 5 heteroatoms. The van der Waals surface area contributed by atoms with E-state index in [1.165, 1.54) is 12.1 Å². The molecule has 0 aliphatic rings. The van der Waals surface area contributed by atoms with E-state index < -0.39 is 0 Å². The Morgan fingerprint density at radius 1 is 1.24 bits per heavy atom. The number of alkyl halides is 1. The van der Waals surface area contributed by atoms with E-state index in [0.29, 0.717) is 30.5 Å². The van der Waals surface area contributed by atoms with E-state index >= 15 is 0 Å². The topological polar surface area (TPSA) is 38.9 Å². The highest BCUT2D eigenvalue weighted by Crippen LogP contribution is 2.11. The Morgan fingerprint density at radius 3 is 2.82 bits per heavy atom. The molecule has 0 atom stereocenters. The monoisotopic (exact) mass is 254 g/mol. The second-order valence-corrected chi connectivity index (χ2v) is 4.07. The Morgan fingerprint density at radius 2 is 2.06 bits per heavy atom. The van der Waals surface area contributed by atoms with Crippen LogP contribution in [0.15, 0.2) is 28.7 Å². The van der Waals surface area contributed by atoms with Gasteiger partial charge in [-0.3, -0.25) is 0 Å². The first-order valence-electron chi connectivity index (χ1n) is 5.39. The number of hydrogen-bond donors (Lipinski definition) is 0. The molecule has 90 valence electrons. The lowest BCUT2D eigenvalue weighted by molar-refractivity contribution is 0.455. The van der Waals surface area contributed by atoms with Gasteiger partial charge >= 0.3 is 0 Å². The average Bonchev–Trinajstić information content (AvgIpc) is 2.74. The molecule has 1 heterocycles. The maximum Gasteiger partial charge on any atom is 0.220 e. The summed E-state index contributed by atoms with van der Waals surface area (Å²) in [6, 6.07) is 6.35. The zero-order valence-corrected chi connectivity index (χ0v) is 9.95. The lowest BCUT2D eigenvalue weighted by atomic mass is 10.1. The number of aromatic nitrogens is 2. The largest absolute Gasteiger partial charge is 0.425 e. The maximum atomic E-state index is 13.0. The van der Waals surface area contributed by atoms with E-state index in [2.05, 4.69) is 10.2 Å². The summed E-state index contributed by atoms with van der Waals surface area (Å²) in [7, 11) is 0. The van der Waals surface area contributed by atoms with E-state index in [-0.39, 0.29) is 5.82 Å². The zero-order valence-electron chi connectivity index (χ0n) is 9.20. The van der Waals surface area contributed by atoms with Crippen LogP contribution in [0, 0.1) is 5.82 Å². The number of aryl methyl sites for hydroxylation is 1. The molecule has 0 saturated heterocycles. The molecule has 0 spiro atoms. The van der Waals surface area contributed by atoms with Gasteiger partial charge in [0.2, 0.25) is 11.8 Å². The minimum atomic E-state index is -0.260. The molecule has 0 N–H and O–H groups in total. The van der Waals surface area contributed by atoms with Gasteiger partial charge in [-0.2, -0.15) is 0 Å². The summed E-state index contributed by atoms with van der Waals surface area (Å²) in [5.41, 5.74) is 0.817. The van der Waals surface area contributed by atoms with Crippen LogP contribution < -0.4 is 0 Å².